The highest BCUT2D eigenvalue weighted by atomic mass is 79.9. The lowest BCUT2D eigenvalue weighted by molar-refractivity contribution is 0.417. The van der Waals surface area contributed by atoms with Crippen LogP contribution in [0, 0.1) is 18.3 Å². The van der Waals surface area contributed by atoms with E-state index in [0.29, 0.717) is 11.3 Å². The molecule has 92 valence electrons. The molecule has 0 spiro atoms. The topological polar surface area (TPSA) is 57.9 Å². The lowest BCUT2D eigenvalue weighted by Gasteiger charge is -2.10. The SMILES string of the molecule is COc1ccc(Br)cc1Nc1snc(C)c1C#N. The zero-order chi connectivity index (χ0) is 13.1. The summed E-state index contributed by atoms with van der Waals surface area (Å²) in [4.78, 5) is 0. The first kappa shape index (κ1) is 12.9. The Bertz CT molecular complexity index is 618. The molecule has 0 aliphatic rings. The molecule has 6 heteroatoms. The van der Waals surface area contributed by atoms with E-state index in [-0.39, 0.29) is 0 Å². The first-order valence-electron chi connectivity index (χ1n) is 5.12. The normalized spacial score (nSPS) is 9.89. The van der Waals surface area contributed by atoms with Gasteiger partial charge in [-0.15, -0.1) is 0 Å². The van der Waals surface area contributed by atoms with E-state index in [1.165, 1.54) is 11.5 Å². The first-order chi connectivity index (χ1) is 8.65. The van der Waals surface area contributed by atoms with Crippen molar-refractivity contribution in [2.45, 2.75) is 6.92 Å². The van der Waals surface area contributed by atoms with Crippen LogP contribution in [0.3, 0.4) is 0 Å². The third-order valence-electron chi connectivity index (χ3n) is 2.38. The van der Waals surface area contributed by atoms with Gasteiger partial charge in [0.1, 0.15) is 22.4 Å². The molecular weight excluding hydrogens is 314 g/mol. The quantitative estimate of drug-likeness (QED) is 0.932. The van der Waals surface area contributed by atoms with Crippen LogP contribution in [0.1, 0.15) is 11.3 Å². The van der Waals surface area contributed by atoms with E-state index in [0.717, 1.165) is 20.9 Å². The molecule has 0 saturated heterocycles. The van der Waals surface area contributed by atoms with E-state index in [9.17, 15) is 0 Å². The molecule has 0 aliphatic heterocycles. The summed E-state index contributed by atoms with van der Waals surface area (Å²) in [5, 5.41) is 13.0. The predicted octanol–water partition coefficient (Wildman–Crippen LogP) is 3.84. The molecule has 18 heavy (non-hydrogen) atoms. The van der Waals surface area contributed by atoms with Gasteiger partial charge in [0.05, 0.1) is 18.5 Å². The fraction of sp³-hybridized carbons (Fsp3) is 0.167. The van der Waals surface area contributed by atoms with Gasteiger partial charge in [-0.2, -0.15) is 9.64 Å². The maximum Gasteiger partial charge on any atom is 0.142 e. The zero-order valence-electron chi connectivity index (χ0n) is 9.82. The van der Waals surface area contributed by atoms with Crippen LogP contribution in [-0.4, -0.2) is 11.5 Å². The summed E-state index contributed by atoms with van der Waals surface area (Å²) < 4.78 is 10.4. The number of ether oxygens (including phenoxy) is 1. The number of aryl methyl sites for hydroxylation is 1. The predicted molar refractivity (Wildman–Crippen MR) is 75.5 cm³/mol. The molecule has 0 unspecified atom stereocenters. The number of nitrogens with zero attached hydrogens (tertiary/aromatic N) is 2. The number of hydrogen-bond donors (Lipinski definition) is 1. The molecule has 0 radical (unpaired) electrons. The number of anilines is 2. The molecule has 0 saturated carbocycles. The van der Waals surface area contributed by atoms with Crippen molar-refractivity contribution in [3.8, 4) is 11.8 Å². The molecule has 0 bridgehead atoms. The molecule has 4 nitrogen and oxygen atoms in total. The van der Waals surface area contributed by atoms with Crippen molar-refractivity contribution in [1.82, 2.24) is 4.37 Å². The van der Waals surface area contributed by atoms with Crippen LogP contribution in [0.2, 0.25) is 0 Å². The molecule has 2 rings (SSSR count). The fourth-order valence-corrected chi connectivity index (χ4v) is 2.61. The lowest BCUT2D eigenvalue weighted by atomic mass is 10.2. The van der Waals surface area contributed by atoms with Gasteiger partial charge in [-0.05, 0) is 36.7 Å². The Kier molecular flexibility index (Phi) is 3.84. The van der Waals surface area contributed by atoms with Crippen LogP contribution in [0.25, 0.3) is 0 Å². The Morgan fingerprint density at radius 2 is 2.28 bits per heavy atom. The fourth-order valence-electron chi connectivity index (χ4n) is 1.49. The standard InChI is InChI=1S/C12H10BrN3OS/c1-7-9(6-14)12(18-16-7)15-10-5-8(13)3-4-11(10)17-2/h3-5,15H,1-2H3. The van der Waals surface area contributed by atoms with Gasteiger partial charge in [0.25, 0.3) is 0 Å². The van der Waals surface area contributed by atoms with Crippen LogP contribution >= 0.6 is 27.5 Å². The van der Waals surface area contributed by atoms with Crippen molar-refractivity contribution in [1.29, 1.82) is 5.26 Å². The molecule has 2 aromatic rings. The van der Waals surface area contributed by atoms with E-state index in [1.807, 2.05) is 25.1 Å². The minimum absolute atomic E-state index is 0.571. The number of nitrogens with one attached hydrogen (secondary N) is 1. The summed E-state index contributed by atoms with van der Waals surface area (Å²) in [5.74, 6) is 0.716. The minimum Gasteiger partial charge on any atom is -0.495 e. The third-order valence-corrected chi connectivity index (χ3v) is 3.73. The molecule has 1 heterocycles. The highest BCUT2D eigenvalue weighted by molar-refractivity contribution is 9.10. The molecule has 0 aliphatic carbocycles. The van der Waals surface area contributed by atoms with Crippen molar-refractivity contribution in [3.63, 3.8) is 0 Å². The maximum atomic E-state index is 9.08. The number of aromatic nitrogens is 1. The van der Waals surface area contributed by atoms with Crippen molar-refractivity contribution >= 4 is 38.2 Å². The molecule has 0 fully saturated rings. The summed E-state index contributed by atoms with van der Waals surface area (Å²) in [7, 11) is 1.61. The highest BCUT2D eigenvalue weighted by Gasteiger charge is 2.12. The Hall–Kier alpha value is -1.58. The van der Waals surface area contributed by atoms with Gasteiger partial charge in [0.2, 0.25) is 0 Å². The van der Waals surface area contributed by atoms with Crippen molar-refractivity contribution < 1.29 is 4.74 Å². The lowest BCUT2D eigenvalue weighted by Crippen LogP contribution is -1.94. The van der Waals surface area contributed by atoms with Crippen LogP contribution in [-0.2, 0) is 0 Å². The van der Waals surface area contributed by atoms with E-state index in [4.69, 9.17) is 10.00 Å². The number of benzene rings is 1. The molecule has 0 amide bonds. The highest BCUT2D eigenvalue weighted by Crippen LogP contribution is 2.34. The van der Waals surface area contributed by atoms with Gasteiger partial charge in [0, 0.05) is 4.47 Å². The number of halogens is 1. The molecule has 1 aromatic carbocycles. The van der Waals surface area contributed by atoms with Gasteiger partial charge in [-0.3, -0.25) is 0 Å². The monoisotopic (exact) mass is 323 g/mol. The third kappa shape index (κ3) is 2.47. The maximum absolute atomic E-state index is 9.08. The van der Waals surface area contributed by atoms with Crippen LogP contribution in [0.5, 0.6) is 5.75 Å². The Morgan fingerprint density at radius 3 is 2.94 bits per heavy atom. The molecule has 1 aromatic heterocycles. The molecule has 0 atom stereocenters. The van der Waals surface area contributed by atoms with Crippen LogP contribution < -0.4 is 10.1 Å². The number of nitriles is 1. The molecular formula is C12H10BrN3OS. The summed E-state index contributed by atoms with van der Waals surface area (Å²) in [6.07, 6.45) is 0. The zero-order valence-corrected chi connectivity index (χ0v) is 12.2. The van der Waals surface area contributed by atoms with Crippen molar-refractivity contribution in [2.24, 2.45) is 0 Å². The van der Waals surface area contributed by atoms with E-state index in [1.54, 1.807) is 7.11 Å². The van der Waals surface area contributed by atoms with Gasteiger partial charge < -0.3 is 10.1 Å². The Balaban J connectivity index is 2.40. The second kappa shape index (κ2) is 5.38. The van der Waals surface area contributed by atoms with E-state index in [2.05, 4.69) is 31.7 Å². The molecule has 1 N–H and O–H groups in total. The average molecular weight is 324 g/mol. The minimum atomic E-state index is 0.571. The first-order valence-corrected chi connectivity index (χ1v) is 6.69. The summed E-state index contributed by atoms with van der Waals surface area (Å²) in [6, 6.07) is 7.80. The van der Waals surface area contributed by atoms with E-state index < -0.39 is 0 Å². The number of rotatable bonds is 3. The largest absolute Gasteiger partial charge is 0.495 e. The van der Waals surface area contributed by atoms with Gasteiger partial charge in [0.15, 0.2) is 0 Å². The average Bonchev–Trinajstić information content (AvgIpc) is 2.70. The summed E-state index contributed by atoms with van der Waals surface area (Å²) in [5.41, 5.74) is 2.10. The van der Waals surface area contributed by atoms with E-state index >= 15 is 0 Å². The van der Waals surface area contributed by atoms with Crippen LogP contribution in [0.4, 0.5) is 10.7 Å². The number of hydrogen-bond acceptors (Lipinski definition) is 5. The second-order valence-electron chi connectivity index (χ2n) is 3.55. The van der Waals surface area contributed by atoms with Crippen molar-refractivity contribution in [3.05, 3.63) is 33.9 Å². The summed E-state index contributed by atoms with van der Waals surface area (Å²) in [6.45, 7) is 1.82. The second-order valence-corrected chi connectivity index (χ2v) is 5.24. The smallest absolute Gasteiger partial charge is 0.142 e. The number of methoxy groups -OCH3 is 1. The summed E-state index contributed by atoms with van der Waals surface area (Å²) >= 11 is 4.67. The van der Waals surface area contributed by atoms with Crippen molar-refractivity contribution in [2.75, 3.05) is 12.4 Å². The van der Waals surface area contributed by atoms with Gasteiger partial charge >= 0.3 is 0 Å². The van der Waals surface area contributed by atoms with Gasteiger partial charge in [-0.1, -0.05) is 15.9 Å². The Labute approximate surface area is 118 Å². The Morgan fingerprint density at radius 1 is 1.50 bits per heavy atom. The van der Waals surface area contributed by atoms with Gasteiger partial charge in [-0.25, -0.2) is 0 Å². The van der Waals surface area contributed by atoms with Crippen LogP contribution in [0.15, 0.2) is 22.7 Å².